The molecule has 3 nitrogen and oxygen atoms in total. The van der Waals surface area contributed by atoms with Crippen molar-refractivity contribution in [1.29, 1.82) is 5.26 Å². The number of hydrogen-bond donors (Lipinski definition) is 0. The molecule has 0 aromatic heterocycles. The van der Waals surface area contributed by atoms with Crippen molar-refractivity contribution in [3.8, 4) is 6.07 Å². The monoisotopic (exact) mass is 315 g/mol. The van der Waals surface area contributed by atoms with Crippen molar-refractivity contribution < 1.29 is 9.53 Å². The molecular formula is C11H10INO2. The van der Waals surface area contributed by atoms with Crippen LogP contribution >= 0.6 is 22.6 Å². The lowest BCUT2D eigenvalue weighted by Crippen LogP contribution is -2.08. The average Bonchev–Trinajstić information content (AvgIpc) is 2.18. The van der Waals surface area contributed by atoms with E-state index in [4.69, 9.17) is 10.00 Å². The summed E-state index contributed by atoms with van der Waals surface area (Å²) in [6, 6.07) is 5.52. The van der Waals surface area contributed by atoms with Gasteiger partial charge in [0.15, 0.2) is 0 Å². The Hall–Kier alpha value is -1.09. The van der Waals surface area contributed by atoms with Crippen LogP contribution in [0, 0.1) is 21.8 Å². The first-order valence-electron chi connectivity index (χ1n) is 4.48. The van der Waals surface area contributed by atoms with Crippen molar-refractivity contribution >= 4 is 28.6 Å². The molecule has 4 heteroatoms. The third-order valence-electron chi connectivity index (χ3n) is 2.02. The zero-order valence-electron chi connectivity index (χ0n) is 8.50. The van der Waals surface area contributed by atoms with Gasteiger partial charge in [-0.25, -0.2) is 4.79 Å². The lowest BCUT2D eigenvalue weighted by molar-refractivity contribution is 0.0525. The van der Waals surface area contributed by atoms with Crippen molar-refractivity contribution in [2.75, 3.05) is 6.61 Å². The molecule has 1 aromatic carbocycles. The van der Waals surface area contributed by atoms with Gasteiger partial charge < -0.3 is 4.74 Å². The van der Waals surface area contributed by atoms with E-state index in [0.717, 1.165) is 3.57 Å². The van der Waals surface area contributed by atoms with Crippen LogP contribution in [0.1, 0.15) is 28.4 Å². The number of nitrogens with zero attached hydrogens (tertiary/aromatic N) is 1. The summed E-state index contributed by atoms with van der Waals surface area (Å²) in [5.41, 5.74) is 1.69. The van der Waals surface area contributed by atoms with Crippen molar-refractivity contribution in [2.24, 2.45) is 0 Å². The number of rotatable bonds is 2. The Morgan fingerprint density at radius 1 is 1.60 bits per heavy atom. The highest BCUT2D eigenvalue weighted by Crippen LogP contribution is 2.20. The first kappa shape index (κ1) is 12.0. The molecule has 0 heterocycles. The fourth-order valence-corrected chi connectivity index (χ4v) is 1.95. The van der Waals surface area contributed by atoms with Crippen LogP contribution in [0.4, 0.5) is 0 Å². The van der Waals surface area contributed by atoms with Gasteiger partial charge in [-0.15, -0.1) is 0 Å². The molecule has 1 rings (SSSR count). The first-order valence-corrected chi connectivity index (χ1v) is 5.56. The second-order valence-electron chi connectivity index (χ2n) is 2.93. The molecule has 1 aromatic rings. The Morgan fingerprint density at radius 2 is 2.27 bits per heavy atom. The molecule has 0 aliphatic heterocycles. The number of esters is 1. The van der Waals surface area contributed by atoms with E-state index in [1.54, 1.807) is 26.0 Å². The van der Waals surface area contributed by atoms with Gasteiger partial charge in [-0.1, -0.05) is 0 Å². The van der Waals surface area contributed by atoms with E-state index in [0.29, 0.717) is 23.3 Å². The van der Waals surface area contributed by atoms with Gasteiger partial charge in [0.2, 0.25) is 0 Å². The highest BCUT2D eigenvalue weighted by atomic mass is 127. The highest BCUT2D eigenvalue weighted by molar-refractivity contribution is 14.1. The minimum Gasteiger partial charge on any atom is -0.462 e. The van der Waals surface area contributed by atoms with Gasteiger partial charge in [0, 0.05) is 3.57 Å². The van der Waals surface area contributed by atoms with E-state index in [1.807, 2.05) is 0 Å². The van der Waals surface area contributed by atoms with Gasteiger partial charge in [-0.2, -0.15) is 5.26 Å². The highest BCUT2D eigenvalue weighted by Gasteiger charge is 2.14. The average molecular weight is 315 g/mol. The van der Waals surface area contributed by atoms with Gasteiger partial charge in [-0.05, 0) is 54.1 Å². The van der Waals surface area contributed by atoms with Gasteiger partial charge >= 0.3 is 5.97 Å². The summed E-state index contributed by atoms with van der Waals surface area (Å²) in [7, 11) is 0. The SMILES string of the molecule is CCOC(=O)c1ccc(I)c(C#N)c1C. The number of ether oxygens (including phenoxy) is 1. The Labute approximate surface area is 102 Å². The summed E-state index contributed by atoms with van der Waals surface area (Å²) >= 11 is 2.07. The predicted molar refractivity (Wildman–Crippen MR) is 64.6 cm³/mol. The molecule has 0 N–H and O–H groups in total. The molecule has 0 saturated carbocycles. The van der Waals surface area contributed by atoms with Gasteiger partial charge in [0.05, 0.1) is 17.7 Å². The lowest BCUT2D eigenvalue weighted by atomic mass is 10.0. The number of carbonyl (C=O) groups is 1. The minimum atomic E-state index is -0.372. The molecule has 0 saturated heterocycles. The van der Waals surface area contributed by atoms with Crippen LogP contribution in [0.2, 0.25) is 0 Å². The van der Waals surface area contributed by atoms with E-state index in [2.05, 4.69) is 28.7 Å². The van der Waals surface area contributed by atoms with Crippen molar-refractivity contribution in [3.05, 3.63) is 32.4 Å². The van der Waals surface area contributed by atoms with Gasteiger partial charge in [0.1, 0.15) is 6.07 Å². The van der Waals surface area contributed by atoms with Crippen LogP contribution in [0.5, 0.6) is 0 Å². The molecular weight excluding hydrogens is 305 g/mol. The second kappa shape index (κ2) is 5.12. The second-order valence-corrected chi connectivity index (χ2v) is 4.09. The topological polar surface area (TPSA) is 50.1 Å². The lowest BCUT2D eigenvalue weighted by Gasteiger charge is -2.07. The van der Waals surface area contributed by atoms with Crippen molar-refractivity contribution in [1.82, 2.24) is 0 Å². The summed E-state index contributed by atoms with van der Waals surface area (Å²) in [6.45, 7) is 3.85. The molecule has 0 bridgehead atoms. The van der Waals surface area contributed by atoms with Crippen molar-refractivity contribution in [2.45, 2.75) is 13.8 Å². The van der Waals surface area contributed by atoms with Crippen LogP contribution < -0.4 is 0 Å². The molecule has 0 atom stereocenters. The zero-order valence-corrected chi connectivity index (χ0v) is 10.7. The Morgan fingerprint density at radius 3 is 2.80 bits per heavy atom. The molecule has 0 radical (unpaired) electrons. The number of hydrogen-bond acceptors (Lipinski definition) is 3. The predicted octanol–water partition coefficient (Wildman–Crippen LogP) is 2.65. The molecule has 0 spiro atoms. The van der Waals surface area contributed by atoms with Crippen LogP contribution in [0.3, 0.4) is 0 Å². The Kier molecular flexibility index (Phi) is 4.09. The van der Waals surface area contributed by atoms with Gasteiger partial charge in [0.25, 0.3) is 0 Å². The smallest absolute Gasteiger partial charge is 0.338 e. The van der Waals surface area contributed by atoms with E-state index in [-0.39, 0.29) is 5.97 Å². The summed E-state index contributed by atoms with van der Waals surface area (Å²) in [4.78, 5) is 11.5. The van der Waals surface area contributed by atoms with E-state index >= 15 is 0 Å². The summed E-state index contributed by atoms with van der Waals surface area (Å²) in [5.74, 6) is -0.372. The fourth-order valence-electron chi connectivity index (χ4n) is 1.25. The molecule has 78 valence electrons. The third-order valence-corrected chi connectivity index (χ3v) is 2.92. The zero-order chi connectivity index (χ0) is 11.4. The van der Waals surface area contributed by atoms with Crippen LogP contribution in [0.15, 0.2) is 12.1 Å². The maximum absolute atomic E-state index is 11.5. The quantitative estimate of drug-likeness (QED) is 0.623. The van der Waals surface area contributed by atoms with Crippen LogP contribution in [-0.4, -0.2) is 12.6 Å². The molecule has 15 heavy (non-hydrogen) atoms. The first-order chi connectivity index (χ1) is 7.11. The summed E-state index contributed by atoms with van der Waals surface area (Å²) in [6.07, 6.45) is 0. The molecule has 0 aliphatic carbocycles. The van der Waals surface area contributed by atoms with Crippen LogP contribution in [-0.2, 0) is 4.74 Å². The van der Waals surface area contributed by atoms with Gasteiger partial charge in [-0.3, -0.25) is 0 Å². The molecule has 0 fully saturated rings. The van der Waals surface area contributed by atoms with Crippen molar-refractivity contribution in [3.63, 3.8) is 0 Å². The molecule has 0 unspecified atom stereocenters. The Bertz CT molecular complexity index is 435. The molecule has 0 amide bonds. The largest absolute Gasteiger partial charge is 0.462 e. The van der Waals surface area contributed by atoms with E-state index < -0.39 is 0 Å². The fraction of sp³-hybridized carbons (Fsp3) is 0.273. The number of nitriles is 1. The van der Waals surface area contributed by atoms with Crippen LogP contribution in [0.25, 0.3) is 0 Å². The van der Waals surface area contributed by atoms with E-state index in [1.165, 1.54) is 0 Å². The minimum absolute atomic E-state index is 0.339. The number of benzene rings is 1. The normalized spacial score (nSPS) is 9.47. The molecule has 0 aliphatic rings. The maximum Gasteiger partial charge on any atom is 0.338 e. The number of halogens is 1. The summed E-state index contributed by atoms with van der Waals surface area (Å²) in [5, 5.41) is 8.93. The maximum atomic E-state index is 11.5. The third kappa shape index (κ3) is 2.48. The van der Waals surface area contributed by atoms with E-state index in [9.17, 15) is 4.79 Å². The summed E-state index contributed by atoms with van der Waals surface area (Å²) < 4.78 is 5.75. The Balaban J connectivity index is 3.23. The number of carbonyl (C=O) groups excluding carboxylic acids is 1. The standard InChI is InChI=1S/C11H10INO2/c1-3-15-11(14)8-4-5-10(12)9(6-13)7(8)2/h4-5H,3H2,1-2H3.